The van der Waals surface area contributed by atoms with Crippen molar-refractivity contribution in [1.29, 1.82) is 0 Å². The normalized spacial score (nSPS) is 13.2. The Balaban J connectivity index is 3.29. The second-order valence-electron chi connectivity index (χ2n) is 13.3. The van der Waals surface area contributed by atoms with Crippen LogP contribution in [-0.2, 0) is 31.7 Å². The minimum Gasteiger partial charge on any atom is -0.507 e. The van der Waals surface area contributed by atoms with Crippen LogP contribution in [0.3, 0.4) is 0 Å². The molecule has 0 amide bonds. The van der Waals surface area contributed by atoms with Crippen molar-refractivity contribution >= 4 is 5.97 Å². The maximum atomic E-state index is 11.5. The predicted molar refractivity (Wildman–Crippen MR) is 138 cm³/mol. The van der Waals surface area contributed by atoms with Crippen molar-refractivity contribution in [3.05, 3.63) is 41.0 Å². The van der Waals surface area contributed by atoms with E-state index in [-0.39, 0.29) is 28.3 Å². The molecule has 188 valence electrons. The van der Waals surface area contributed by atoms with Gasteiger partial charge in [-0.15, -0.1) is 0 Å². The summed E-state index contributed by atoms with van der Waals surface area (Å²) in [6.07, 6.45) is 1.88. The third-order valence-corrected chi connectivity index (χ3v) is 5.65. The second kappa shape index (κ2) is 10.6. The second-order valence-corrected chi connectivity index (χ2v) is 13.3. The summed E-state index contributed by atoms with van der Waals surface area (Å²) in [5.74, 6) is -0.00157. The molecule has 0 aromatic heterocycles. The van der Waals surface area contributed by atoms with Gasteiger partial charge in [0.05, 0.1) is 13.2 Å². The average molecular weight is 461 g/mol. The molecule has 0 saturated heterocycles. The predicted octanol–water partition coefficient (Wildman–Crippen LogP) is 7.46. The van der Waals surface area contributed by atoms with Crippen molar-refractivity contribution in [2.45, 2.75) is 106 Å². The van der Waals surface area contributed by atoms with Crippen molar-refractivity contribution in [2.24, 2.45) is 10.8 Å². The summed E-state index contributed by atoms with van der Waals surface area (Å²) in [4.78, 5) is 11.5. The summed E-state index contributed by atoms with van der Waals surface area (Å²) in [7, 11) is 0. The lowest BCUT2D eigenvalue weighted by Crippen LogP contribution is -2.28. The molecule has 0 heterocycles. The molecule has 0 saturated carbocycles. The van der Waals surface area contributed by atoms with Crippen molar-refractivity contribution in [3.8, 4) is 5.75 Å². The van der Waals surface area contributed by atoms with Gasteiger partial charge in [0.25, 0.3) is 0 Å². The molecule has 0 bridgehead atoms. The van der Waals surface area contributed by atoms with Crippen molar-refractivity contribution in [2.75, 3.05) is 13.2 Å². The minimum atomic E-state index is -0.402. The number of esters is 1. The molecule has 4 nitrogen and oxygen atoms in total. The fourth-order valence-corrected chi connectivity index (χ4v) is 5.16. The maximum absolute atomic E-state index is 11.5. The number of phenols is 1. The van der Waals surface area contributed by atoms with E-state index in [9.17, 15) is 9.90 Å². The molecular formula is C29H48O4. The van der Waals surface area contributed by atoms with Crippen LogP contribution in [0.2, 0.25) is 0 Å². The van der Waals surface area contributed by atoms with E-state index in [0.29, 0.717) is 24.5 Å². The number of hydrogen-bond acceptors (Lipinski definition) is 4. The van der Waals surface area contributed by atoms with Gasteiger partial charge in [-0.25, -0.2) is 4.79 Å². The van der Waals surface area contributed by atoms with E-state index < -0.39 is 5.97 Å². The molecule has 1 aromatic carbocycles. The quantitative estimate of drug-likeness (QED) is 0.224. The van der Waals surface area contributed by atoms with Gasteiger partial charge in [0.15, 0.2) is 0 Å². The molecule has 0 aliphatic heterocycles. The Kier molecular flexibility index (Phi) is 9.41. The Morgan fingerprint density at radius 3 is 1.64 bits per heavy atom. The van der Waals surface area contributed by atoms with Gasteiger partial charge < -0.3 is 14.6 Å². The molecule has 0 atom stereocenters. The first-order chi connectivity index (χ1) is 14.8. The van der Waals surface area contributed by atoms with Gasteiger partial charge in [-0.1, -0.05) is 75.8 Å². The van der Waals surface area contributed by atoms with Gasteiger partial charge >= 0.3 is 5.97 Å². The SMILES string of the molecule is C=C(C)C(=O)OCCOCc1cc(C(C)(C)CC(C)(C)C)c(O)c(C(C)(C)CC(C)(C)C)c1. The standard InChI is InChI=1S/C29H48O4/c1-20(2)25(31)33-14-13-32-17-21-15-22(28(9,10)18-26(3,4)5)24(30)23(16-21)29(11,12)19-27(6,7)8/h15-16,30H,1,13-14,17-19H2,2-12H3. The molecule has 0 aliphatic carbocycles. The van der Waals surface area contributed by atoms with Gasteiger partial charge in [0.1, 0.15) is 12.4 Å². The van der Waals surface area contributed by atoms with E-state index in [4.69, 9.17) is 9.47 Å². The maximum Gasteiger partial charge on any atom is 0.333 e. The Morgan fingerprint density at radius 1 is 0.848 bits per heavy atom. The summed E-state index contributed by atoms with van der Waals surface area (Å²) in [6.45, 7) is 28.3. The Labute approximate surface area is 202 Å². The molecule has 0 spiro atoms. The summed E-state index contributed by atoms with van der Waals surface area (Å²) < 4.78 is 11.0. The minimum absolute atomic E-state index is 0.122. The van der Waals surface area contributed by atoms with Gasteiger partial charge in [-0.2, -0.15) is 0 Å². The Hall–Kier alpha value is -1.81. The third kappa shape index (κ3) is 9.52. The molecule has 1 rings (SSSR count). The molecule has 4 heteroatoms. The van der Waals surface area contributed by atoms with Gasteiger partial charge in [-0.3, -0.25) is 0 Å². The number of hydrogen-bond donors (Lipinski definition) is 1. The lowest BCUT2D eigenvalue weighted by molar-refractivity contribution is -0.140. The highest BCUT2D eigenvalue weighted by molar-refractivity contribution is 5.86. The largest absolute Gasteiger partial charge is 0.507 e. The van der Waals surface area contributed by atoms with Crippen LogP contribution >= 0.6 is 0 Å². The molecule has 0 unspecified atom stereocenters. The molecule has 1 N–H and O–H groups in total. The summed E-state index contributed by atoms with van der Waals surface area (Å²) in [5, 5.41) is 11.5. The van der Waals surface area contributed by atoms with Gasteiger partial charge in [-0.05, 0) is 59.1 Å². The van der Waals surface area contributed by atoms with Crippen LogP contribution in [0.4, 0.5) is 0 Å². The first-order valence-corrected chi connectivity index (χ1v) is 12.0. The highest BCUT2D eigenvalue weighted by atomic mass is 16.6. The van der Waals surface area contributed by atoms with Crippen LogP contribution < -0.4 is 0 Å². The van der Waals surface area contributed by atoms with Crippen LogP contribution in [0.25, 0.3) is 0 Å². The Morgan fingerprint density at radius 2 is 1.27 bits per heavy atom. The smallest absolute Gasteiger partial charge is 0.333 e. The van der Waals surface area contributed by atoms with Crippen LogP contribution in [0, 0.1) is 10.8 Å². The fraction of sp³-hybridized carbons (Fsp3) is 0.690. The van der Waals surface area contributed by atoms with Crippen molar-refractivity contribution in [1.82, 2.24) is 0 Å². The molecule has 33 heavy (non-hydrogen) atoms. The summed E-state index contributed by atoms with van der Waals surface area (Å²) in [5.41, 5.74) is 3.16. The molecule has 1 aromatic rings. The molecule has 0 fully saturated rings. The number of rotatable bonds is 10. The van der Waals surface area contributed by atoms with E-state index >= 15 is 0 Å². The van der Waals surface area contributed by atoms with Crippen molar-refractivity contribution in [3.63, 3.8) is 0 Å². The lowest BCUT2D eigenvalue weighted by atomic mass is 9.68. The summed E-state index contributed by atoms with van der Waals surface area (Å²) >= 11 is 0. The topological polar surface area (TPSA) is 55.8 Å². The highest BCUT2D eigenvalue weighted by Crippen LogP contribution is 2.47. The number of aromatic hydroxyl groups is 1. The number of phenolic OH excluding ortho intramolecular Hbond substituents is 1. The van der Waals surface area contributed by atoms with Gasteiger partial charge in [0.2, 0.25) is 0 Å². The van der Waals surface area contributed by atoms with Crippen LogP contribution in [0.15, 0.2) is 24.3 Å². The number of carbonyl (C=O) groups is 1. The fourth-order valence-electron chi connectivity index (χ4n) is 5.16. The number of ether oxygens (including phenoxy) is 2. The van der Waals surface area contributed by atoms with E-state index in [1.54, 1.807) is 6.92 Å². The summed E-state index contributed by atoms with van der Waals surface area (Å²) in [6, 6.07) is 4.16. The van der Waals surface area contributed by atoms with Crippen LogP contribution in [0.1, 0.15) is 106 Å². The number of carbonyl (C=O) groups excluding carboxylic acids is 1. The molecule has 0 aliphatic rings. The van der Waals surface area contributed by atoms with E-state index in [2.05, 4.69) is 87.9 Å². The third-order valence-electron chi connectivity index (χ3n) is 5.65. The monoisotopic (exact) mass is 460 g/mol. The molecular weight excluding hydrogens is 412 g/mol. The first-order valence-electron chi connectivity index (χ1n) is 12.0. The zero-order valence-electron chi connectivity index (χ0n) is 23.1. The van der Waals surface area contributed by atoms with E-state index in [0.717, 1.165) is 29.5 Å². The van der Waals surface area contributed by atoms with E-state index in [1.807, 2.05) is 0 Å². The average Bonchev–Trinajstić information content (AvgIpc) is 2.57. The van der Waals surface area contributed by atoms with Crippen LogP contribution in [-0.4, -0.2) is 24.3 Å². The zero-order chi connectivity index (χ0) is 25.8. The lowest BCUT2D eigenvalue weighted by Gasteiger charge is -2.37. The Bertz CT molecular complexity index is 783. The van der Waals surface area contributed by atoms with Crippen molar-refractivity contribution < 1.29 is 19.4 Å². The van der Waals surface area contributed by atoms with Gasteiger partial charge in [0, 0.05) is 16.7 Å². The highest BCUT2D eigenvalue weighted by Gasteiger charge is 2.35. The molecule has 0 radical (unpaired) electrons. The number of benzene rings is 1. The van der Waals surface area contributed by atoms with Crippen LogP contribution in [0.5, 0.6) is 5.75 Å². The van der Waals surface area contributed by atoms with E-state index in [1.165, 1.54) is 0 Å². The zero-order valence-corrected chi connectivity index (χ0v) is 23.1. The first kappa shape index (κ1) is 29.2.